The van der Waals surface area contributed by atoms with Gasteiger partial charge >= 0.3 is 0 Å². The van der Waals surface area contributed by atoms with Crippen molar-refractivity contribution in [2.75, 3.05) is 0 Å². The van der Waals surface area contributed by atoms with Gasteiger partial charge in [-0.1, -0.05) is 115 Å². The first-order valence-electron chi connectivity index (χ1n) is 13.8. The summed E-state index contributed by atoms with van der Waals surface area (Å²) in [6, 6.07) is 21.6. The van der Waals surface area contributed by atoms with Gasteiger partial charge in [-0.25, -0.2) is 0 Å². The van der Waals surface area contributed by atoms with Crippen molar-refractivity contribution in [1.29, 1.82) is 0 Å². The molecule has 8 rings (SSSR count). The van der Waals surface area contributed by atoms with Gasteiger partial charge in [-0.05, 0) is 69.9 Å². The maximum absolute atomic E-state index is 5.00. The molecule has 2 spiro atoms. The highest BCUT2D eigenvalue weighted by Gasteiger charge is 2.50. The first-order valence-corrected chi connectivity index (χ1v) is 13.8. The van der Waals surface area contributed by atoms with Gasteiger partial charge in [-0.2, -0.15) is 0 Å². The van der Waals surface area contributed by atoms with Crippen molar-refractivity contribution in [3.8, 4) is 0 Å². The summed E-state index contributed by atoms with van der Waals surface area (Å²) >= 11 is 0. The molecule has 0 saturated carbocycles. The SMILES string of the molecule is C1=CC2=CN=C3C=C(c4ccccc4)CC(=CC4CC(c5ccccc5)=CC5=NC=C6C=CC=CC654)C23C=C1. The second-order valence-electron chi connectivity index (χ2n) is 11.1. The molecule has 0 N–H and O–H groups in total. The summed E-state index contributed by atoms with van der Waals surface area (Å²) in [5, 5.41) is 0. The largest absolute Gasteiger partial charge is 0.260 e. The Morgan fingerprint density at radius 3 is 2.10 bits per heavy atom. The van der Waals surface area contributed by atoms with Crippen LogP contribution in [0.4, 0.5) is 0 Å². The van der Waals surface area contributed by atoms with Gasteiger partial charge in [-0.3, -0.25) is 9.98 Å². The van der Waals surface area contributed by atoms with Gasteiger partial charge in [-0.15, -0.1) is 0 Å². The van der Waals surface area contributed by atoms with Crippen LogP contribution in [-0.2, 0) is 0 Å². The third-order valence-corrected chi connectivity index (χ3v) is 9.15. The van der Waals surface area contributed by atoms with Gasteiger partial charge in [0.2, 0.25) is 0 Å². The molecule has 2 aromatic carbocycles. The Balaban J connectivity index is 1.31. The zero-order chi connectivity index (χ0) is 25.9. The van der Waals surface area contributed by atoms with Crippen molar-refractivity contribution in [3.05, 3.63) is 168 Å². The molecule has 0 fully saturated rings. The molecule has 186 valence electrons. The molecule has 0 radical (unpaired) electrons. The topological polar surface area (TPSA) is 24.7 Å². The van der Waals surface area contributed by atoms with Crippen LogP contribution in [0.25, 0.3) is 11.1 Å². The van der Waals surface area contributed by atoms with Crippen molar-refractivity contribution in [2.45, 2.75) is 12.8 Å². The lowest BCUT2D eigenvalue weighted by molar-refractivity contribution is 0.458. The molecule has 0 saturated heterocycles. The number of hydrogen-bond donors (Lipinski definition) is 0. The summed E-state index contributed by atoms with van der Waals surface area (Å²) in [6.07, 6.45) is 31.2. The van der Waals surface area contributed by atoms with Crippen LogP contribution in [-0.4, -0.2) is 11.4 Å². The summed E-state index contributed by atoms with van der Waals surface area (Å²) in [5.74, 6) is 0.230. The minimum absolute atomic E-state index is 0.230. The third-order valence-electron chi connectivity index (χ3n) is 9.15. The number of rotatable bonds is 3. The van der Waals surface area contributed by atoms with Crippen LogP contribution in [0.5, 0.6) is 0 Å². The average Bonchev–Trinajstić information content (AvgIpc) is 3.58. The maximum atomic E-state index is 5.00. The van der Waals surface area contributed by atoms with E-state index in [-0.39, 0.29) is 16.7 Å². The first kappa shape index (κ1) is 22.4. The number of aliphatic imine (C=N–C) groups is 2. The minimum Gasteiger partial charge on any atom is -0.260 e. The van der Waals surface area contributed by atoms with Gasteiger partial charge in [0.25, 0.3) is 0 Å². The smallest absolute Gasteiger partial charge is 0.0786 e. The van der Waals surface area contributed by atoms with Gasteiger partial charge < -0.3 is 0 Å². The van der Waals surface area contributed by atoms with Crippen molar-refractivity contribution >= 4 is 22.6 Å². The van der Waals surface area contributed by atoms with Gasteiger partial charge in [0, 0.05) is 12.4 Å². The van der Waals surface area contributed by atoms with Crippen LogP contribution in [0.15, 0.2) is 167 Å². The van der Waals surface area contributed by atoms with E-state index < -0.39 is 0 Å². The fourth-order valence-electron chi connectivity index (χ4n) is 7.22. The molecule has 39 heavy (non-hydrogen) atoms. The molecule has 6 aliphatic rings. The Morgan fingerprint density at radius 2 is 1.31 bits per heavy atom. The van der Waals surface area contributed by atoms with E-state index in [1.807, 2.05) is 0 Å². The molecule has 2 aromatic rings. The number of hydrogen-bond acceptors (Lipinski definition) is 2. The van der Waals surface area contributed by atoms with E-state index in [1.54, 1.807) is 0 Å². The monoisotopic (exact) mass is 500 g/mol. The fourth-order valence-corrected chi connectivity index (χ4v) is 7.22. The number of benzene rings is 2. The lowest BCUT2D eigenvalue weighted by Crippen LogP contribution is -2.40. The molecular formula is C37H28N2. The molecule has 2 heteroatoms. The predicted octanol–water partition coefficient (Wildman–Crippen LogP) is 8.41. The van der Waals surface area contributed by atoms with Gasteiger partial charge in [0.1, 0.15) is 0 Å². The highest BCUT2D eigenvalue weighted by atomic mass is 14.8. The average molecular weight is 501 g/mol. The van der Waals surface area contributed by atoms with E-state index in [4.69, 9.17) is 9.98 Å². The lowest BCUT2D eigenvalue weighted by atomic mass is 9.58. The van der Waals surface area contributed by atoms with Gasteiger partial charge in [0.05, 0.1) is 22.3 Å². The number of allylic oxidation sites excluding steroid dienone is 16. The van der Waals surface area contributed by atoms with E-state index in [2.05, 4.69) is 140 Å². The highest BCUT2D eigenvalue weighted by Crippen LogP contribution is 2.56. The van der Waals surface area contributed by atoms with Crippen LogP contribution in [0.1, 0.15) is 24.0 Å². The maximum Gasteiger partial charge on any atom is 0.0786 e. The lowest BCUT2D eigenvalue weighted by Gasteiger charge is -2.43. The van der Waals surface area contributed by atoms with Crippen molar-refractivity contribution < 1.29 is 0 Å². The molecule has 2 nitrogen and oxygen atoms in total. The summed E-state index contributed by atoms with van der Waals surface area (Å²) in [5.41, 5.74) is 10.9. The quantitative estimate of drug-likeness (QED) is 0.378. The molecule has 3 atom stereocenters. The number of nitrogens with zero attached hydrogens (tertiary/aromatic N) is 2. The summed E-state index contributed by atoms with van der Waals surface area (Å²) in [7, 11) is 0. The molecule has 2 aliphatic heterocycles. The Labute approximate surface area is 229 Å². The minimum atomic E-state index is -0.300. The molecule has 3 unspecified atom stereocenters. The third kappa shape index (κ3) is 3.21. The van der Waals surface area contributed by atoms with E-state index in [0.29, 0.717) is 0 Å². The second-order valence-corrected chi connectivity index (χ2v) is 11.1. The molecule has 0 bridgehead atoms. The zero-order valence-corrected chi connectivity index (χ0v) is 21.7. The Bertz CT molecular complexity index is 1730. The summed E-state index contributed by atoms with van der Waals surface area (Å²) < 4.78 is 0. The Kier molecular flexibility index (Phi) is 4.87. The van der Waals surface area contributed by atoms with E-state index in [0.717, 1.165) is 24.3 Å². The molecular weight excluding hydrogens is 472 g/mol. The van der Waals surface area contributed by atoms with Crippen LogP contribution >= 0.6 is 0 Å². The van der Waals surface area contributed by atoms with Crippen LogP contribution in [0.3, 0.4) is 0 Å². The van der Waals surface area contributed by atoms with Crippen LogP contribution < -0.4 is 0 Å². The normalized spacial score (nSPS) is 30.4. The highest BCUT2D eigenvalue weighted by molar-refractivity contribution is 6.15. The molecule has 0 aromatic heterocycles. The molecule has 4 aliphatic carbocycles. The Hall–Kier alpha value is -4.56. The van der Waals surface area contributed by atoms with E-state index >= 15 is 0 Å². The van der Waals surface area contributed by atoms with E-state index in [1.165, 1.54) is 39.0 Å². The predicted molar refractivity (Wildman–Crippen MR) is 162 cm³/mol. The van der Waals surface area contributed by atoms with Crippen molar-refractivity contribution in [1.82, 2.24) is 0 Å². The first-order chi connectivity index (χ1) is 19.3. The fraction of sp³-hybridized carbons (Fsp3) is 0.135. The van der Waals surface area contributed by atoms with Crippen LogP contribution in [0.2, 0.25) is 0 Å². The summed E-state index contributed by atoms with van der Waals surface area (Å²) in [6.45, 7) is 0. The second kappa shape index (κ2) is 8.47. The zero-order valence-electron chi connectivity index (χ0n) is 21.7. The van der Waals surface area contributed by atoms with Crippen molar-refractivity contribution in [2.24, 2.45) is 26.7 Å². The van der Waals surface area contributed by atoms with E-state index in [9.17, 15) is 0 Å². The standard InChI is InChI=1S/C37H28N2/c1-3-11-26(12-4-1)28-19-32(36-17-9-7-15-30(36)24-38-34(36)21-28)23-33-20-29(27-13-5-2-6-14-27)22-35-37(33)18-10-8-16-31(37)25-39-35/h1-18,21-25,32H,19-20H2. The Morgan fingerprint density at radius 1 is 0.667 bits per heavy atom. The molecule has 2 heterocycles. The van der Waals surface area contributed by atoms with Crippen LogP contribution in [0, 0.1) is 16.7 Å². The van der Waals surface area contributed by atoms with Crippen molar-refractivity contribution in [3.63, 3.8) is 0 Å². The van der Waals surface area contributed by atoms with Gasteiger partial charge in [0.15, 0.2) is 0 Å². The summed E-state index contributed by atoms with van der Waals surface area (Å²) in [4.78, 5) is 9.98. The molecule has 0 amide bonds.